The van der Waals surface area contributed by atoms with E-state index in [1.807, 2.05) is 84.3 Å². The van der Waals surface area contributed by atoms with Crippen molar-refractivity contribution in [1.29, 1.82) is 0 Å². The number of hydrogen-bond donors (Lipinski definition) is 2. The topological polar surface area (TPSA) is 84.2 Å². The summed E-state index contributed by atoms with van der Waals surface area (Å²) in [4.78, 5) is 28.7. The molecule has 6 nitrogen and oxygen atoms in total. The monoisotopic (exact) mass is 455 g/mol. The van der Waals surface area contributed by atoms with Gasteiger partial charge in [-0.3, -0.25) is 4.79 Å². The molecular weight excluding hydrogens is 426 g/mol. The highest BCUT2D eigenvalue weighted by Gasteiger charge is 2.38. The lowest BCUT2D eigenvalue weighted by Crippen LogP contribution is -2.32. The highest BCUT2D eigenvalue weighted by Crippen LogP contribution is 2.37. The van der Waals surface area contributed by atoms with Gasteiger partial charge in [0.25, 0.3) is 5.91 Å². The third-order valence-electron chi connectivity index (χ3n) is 6.02. The quantitative estimate of drug-likeness (QED) is 0.366. The number of hydrogen-bond acceptors (Lipinski definition) is 4. The second-order valence-electron chi connectivity index (χ2n) is 8.39. The summed E-state index contributed by atoms with van der Waals surface area (Å²) >= 11 is 0. The summed E-state index contributed by atoms with van der Waals surface area (Å²) in [5.41, 5.74) is 1.96. The molecule has 0 saturated heterocycles. The Morgan fingerprint density at radius 2 is 1.59 bits per heavy atom. The number of Topliss-reactive ketones (excluding diaryl/α,β-unsaturated/α-hetero) is 1. The van der Waals surface area contributed by atoms with Crippen LogP contribution in [0.15, 0.2) is 78.9 Å². The number of benzene rings is 3. The molecule has 0 saturated carbocycles. The number of fused-ring (bicyclic) bond motifs is 1. The number of nitrogens with zero attached hydrogens (tertiary/aromatic N) is 2. The van der Waals surface area contributed by atoms with Gasteiger partial charge in [-0.05, 0) is 49.6 Å². The predicted molar refractivity (Wildman–Crippen MR) is 133 cm³/mol. The average Bonchev–Trinajstić information content (AvgIpc) is 3.25. The SMILES string of the molecule is CCn1c(C(O)(c2ccccc2)c2ccccc2)nc2ccc(C(=O)NCCCC(C)=O)cc21. The summed E-state index contributed by atoms with van der Waals surface area (Å²) in [5.74, 6) is 0.415. The molecule has 0 unspecified atom stereocenters. The highest BCUT2D eigenvalue weighted by atomic mass is 16.3. The van der Waals surface area contributed by atoms with Crippen LogP contribution in [0.1, 0.15) is 54.0 Å². The summed E-state index contributed by atoms with van der Waals surface area (Å²) < 4.78 is 1.96. The number of carbonyl (C=O) groups excluding carboxylic acids is 2. The van der Waals surface area contributed by atoms with Gasteiger partial charge in [-0.1, -0.05) is 60.7 Å². The van der Waals surface area contributed by atoms with Crippen molar-refractivity contribution in [2.75, 3.05) is 6.54 Å². The van der Waals surface area contributed by atoms with Crippen molar-refractivity contribution in [2.24, 2.45) is 0 Å². The maximum atomic E-state index is 12.7. The van der Waals surface area contributed by atoms with Crippen LogP contribution in [0.5, 0.6) is 0 Å². The number of aliphatic hydroxyl groups is 1. The minimum atomic E-state index is -1.47. The van der Waals surface area contributed by atoms with Crippen molar-refractivity contribution in [2.45, 2.75) is 38.8 Å². The van der Waals surface area contributed by atoms with Crippen molar-refractivity contribution >= 4 is 22.7 Å². The molecule has 4 aromatic rings. The molecule has 0 aliphatic heterocycles. The number of amides is 1. The van der Waals surface area contributed by atoms with Crippen molar-refractivity contribution < 1.29 is 14.7 Å². The molecule has 1 heterocycles. The van der Waals surface area contributed by atoms with E-state index in [1.54, 1.807) is 13.0 Å². The maximum absolute atomic E-state index is 12.7. The molecule has 4 rings (SSSR count). The standard InChI is InChI=1S/C28H29N3O3/c1-3-31-25-19-21(26(33)29-18-10-11-20(2)32)16-17-24(25)30-27(31)28(34,22-12-6-4-7-13-22)23-14-8-5-9-15-23/h4-9,12-17,19,34H,3,10-11,18H2,1-2H3,(H,29,33). The number of carbonyl (C=O) groups is 2. The zero-order valence-corrected chi connectivity index (χ0v) is 19.5. The second-order valence-corrected chi connectivity index (χ2v) is 8.39. The Bertz CT molecular complexity index is 1260. The van der Waals surface area contributed by atoms with E-state index in [1.165, 1.54) is 0 Å². The molecule has 174 valence electrons. The molecule has 0 fully saturated rings. The van der Waals surface area contributed by atoms with E-state index < -0.39 is 5.60 Å². The summed E-state index contributed by atoms with van der Waals surface area (Å²) in [5, 5.41) is 15.1. The van der Waals surface area contributed by atoms with Gasteiger partial charge in [0.1, 0.15) is 5.78 Å². The fraction of sp³-hybridized carbons (Fsp3) is 0.250. The third kappa shape index (κ3) is 4.50. The minimum absolute atomic E-state index is 0.111. The Hall–Kier alpha value is -3.77. The van der Waals surface area contributed by atoms with Crippen LogP contribution in [0.3, 0.4) is 0 Å². The Kier molecular flexibility index (Phi) is 6.89. The number of nitrogens with one attached hydrogen (secondary N) is 1. The van der Waals surface area contributed by atoms with Crippen LogP contribution in [0.25, 0.3) is 11.0 Å². The Morgan fingerprint density at radius 1 is 0.971 bits per heavy atom. The first-order valence-electron chi connectivity index (χ1n) is 11.6. The van der Waals surface area contributed by atoms with E-state index in [4.69, 9.17) is 4.98 Å². The Balaban J connectivity index is 1.78. The van der Waals surface area contributed by atoms with Crippen LogP contribution in [0, 0.1) is 0 Å². The van der Waals surface area contributed by atoms with Gasteiger partial charge in [0.2, 0.25) is 0 Å². The van der Waals surface area contributed by atoms with Crippen LogP contribution in [0.2, 0.25) is 0 Å². The van der Waals surface area contributed by atoms with Crippen LogP contribution in [-0.4, -0.2) is 32.9 Å². The summed E-state index contributed by atoms with van der Waals surface area (Å²) in [6.07, 6.45) is 1.06. The Labute approximate surface area is 199 Å². The van der Waals surface area contributed by atoms with E-state index in [2.05, 4.69) is 5.32 Å². The first-order chi connectivity index (χ1) is 16.4. The molecule has 6 heteroatoms. The molecule has 3 aromatic carbocycles. The fourth-order valence-corrected chi connectivity index (χ4v) is 4.29. The smallest absolute Gasteiger partial charge is 0.251 e. The molecule has 0 radical (unpaired) electrons. The molecule has 34 heavy (non-hydrogen) atoms. The van der Waals surface area contributed by atoms with Gasteiger partial charge in [0, 0.05) is 25.1 Å². The molecule has 0 bridgehead atoms. The summed E-state index contributed by atoms with van der Waals surface area (Å²) in [6, 6.07) is 24.4. The lowest BCUT2D eigenvalue weighted by molar-refractivity contribution is -0.117. The number of aryl methyl sites for hydroxylation is 1. The first-order valence-corrected chi connectivity index (χ1v) is 11.6. The van der Waals surface area contributed by atoms with E-state index in [9.17, 15) is 14.7 Å². The lowest BCUT2D eigenvalue weighted by atomic mass is 9.85. The van der Waals surface area contributed by atoms with Crippen LogP contribution in [-0.2, 0) is 16.9 Å². The number of rotatable bonds is 9. The molecule has 0 aliphatic rings. The molecular formula is C28H29N3O3. The zero-order chi connectivity index (χ0) is 24.1. The second kappa shape index (κ2) is 10.0. The molecule has 0 spiro atoms. The molecule has 0 aliphatic carbocycles. The zero-order valence-electron chi connectivity index (χ0n) is 19.5. The van der Waals surface area contributed by atoms with E-state index in [0.29, 0.717) is 42.8 Å². The molecule has 0 atom stereocenters. The normalized spacial score (nSPS) is 11.5. The van der Waals surface area contributed by atoms with Crippen LogP contribution < -0.4 is 5.32 Å². The number of aromatic nitrogens is 2. The maximum Gasteiger partial charge on any atom is 0.251 e. The summed E-state index contributed by atoms with van der Waals surface area (Å²) in [7, 11) is 0. The number of imidazole rings is 1. The van der Waals surface area contributed by atoms with E-state index in [0.717, 1.165) is 16.6 Å². The van der Waals surface area contributed by atoms with Gasteiger partial charge in [0.15, 0.2) is 11.4 Å². The van der Waals surface area contributed by atoms with Crippen LogP contribution in [0.4, 0.5) is 0 Å². The van der Waals surface area contributed by atoms with E-state index >= 15 is 0 Å². The van der Waals surface area contributed by atoms with Gasteiger partial charge in [-0.15, -0.1) is 0 Å². The van der Waals surface area contributed by atoms with Crippen molar-refractivity contribution in [3.8, 4) is 0 Å². The van der Waals surface area contributed by atoms with Gasteiger partial charge in [0.05, 0.1) is 11.0 Å². The van der Waals surface area contributed by atoms with Crippen molar-refractivity contribution in [1.82, 2.24) is 14.9 Å². The highest BCUT2D eigenvalue weighted by molar-refractivity contribution is 5.97. The molecule has 2 N–H and O–H groups in total. The van der Waals surface area contributed by atoms with E-state index in [-0.39, 0.29) is 11.7 Å². The molecule has 1 amide bonds. The predicted octanol–water partition coefficient (Wildman–Crippen LogP) is 4.44. The lowest BCUT2D eigenvalue weighted by Gasteiger charge is -2.29. The van der Waals surface area contributed by atoms with Gasteiger partial charge >= 0.3 is 0 Å². The molecule has 1 aromatic heterocycles. The number of ketones is 1. The summed E-state index contributed by atoms with van der Waals surface area (Å²) in [6.45, 7) is 4.55. The van der Waals surface area contributed by atoms with Crippen molar-refractivity contribution in [3.63, 3.8) is 0 Å². The third-order valence-corrected chi connectivity index (χ3v) is 6.02. The first kappa shape index (κ1) is 23.4. The van der Waals surface area contributed by atoms with Crippen LogP contribution >= 0.6 is 0 Å². The van der Waals surface area contributed by atoms with Gasteiger partial charge in [-0.25, -0.2) is 4.98 Å². The van der Waals surface area contributed by atoms with Crippen molar-refractivity contribution in [3.05, 3.63) is 101 Å². The Morgan fingerprint density at radius 3 is 2.15 bits per heavy atom. The van der Waals surface area contributed by atoms with Gasteiger partial charge in [-0.2, -0.15) is 0 Å². The average molecular weight is 456 g/mol. The largest absolute Gasteiger partial charge is 0.373 e. The fourth-order valence-electron chi connectivity index (χ4n) is 4.29. The van der Waals surface area contributed by atoms with Gasteiger partial charge < -0.3 is 19.8 Å². The minimum Gasteiger partial charge on any atom is -0.373 e.